The molecule has 1 saturated heterocycles. The molecule has 0 amide bonds. The third kappa shape index (κ3) is 4.10. The van der Waals surface area contributed by atoms with Crippen LogP contribution in [0.1, 0.15) is 34.1 Å². The van der Waals surface area contributed by atoms with Crippen LogP contribution in [0.4, 0.5) is 5.82 Å². The van der Waals surface area contributed by atoms with E-state index in [2.05, 4.69) is 4.98 Å². The van der Waals surface area contributed by atoms with Crippen molar-refractivity contribution < 1.29 is 28.7 Å². The highest BCUT2D eigenvalue weighted by atomic mass is 31.2. The van der Waals surface area contributed by atoms with Gasteiger partial charge in [0.15, 0.2) is 5.34 Å². The Morgan fingerprint density at radius 2 is 2.00 bits per heavy atom. The Morgan fingerprint density at radius 1 is 1.38 bits per heavy atom. The van der Waals surface area contributed by atoms with Crippen molar-refractivity contribution in [1.29, 1.82) is 0 Å². The number of nitrogen functional groups attached to an aromatic ring is 1. The zero-order chi connectivity index (χ0) is 19.7. The fraction of sp³-hybridized carbons (Fsp3) is 0.733. The molecule has 1 unspecified atom stereocenters. The molecule has 2 rings (SSSR count). The quantitative estimate of drug-likeness (QED) is 0.568. The van der Waals surface area contributed by atoms with E-state index in [9.17, 15) is 19.1 Å². The summed E-state index contributed by atoms with van der Waals surface area (Å²) in [6, 6.07) is 1.40. The summed E-state index contributed by atoms with van der Waals surface area (Å²) in [6.45, 7) is 6.93. The highest BCUT2D eigenvalue weighted by Crippen LogP contribution is 2.59. The predicted molar refractivity (Wildman–Crippen MR) is 93.2 cm³/mol. The highest BCUT2D eigenvalue weighted by Gasteiger charge is 2.55. The van der Waals surface area contributed by atoms with Crippen molar-refractivity contribution in [2.75, 3.05) is 12.3 Å². The number of rotatable bonds is 7. The van der Waals surface area contributed by atoms with Crippen LogP contribution < -0.4 is 16.3 Å². The van der Waals surface area contributed by atoms with Crippen LogP contribution in [0.3, 0.4) is 0 Å². The average molecular weight is 391 g/mol. The molecule has 2 heterocycles. The van der Waals surface area contributed by atoms with Crippen LogP contribution in [0.25, 0.3) is 0 Å². The molecule has 0 spiro atoms. The molecule has 1 aliphatic rings. The number of hydrogen-bond acceptors (Lipinski definition) is 7. The molecule has 1 aromatic heterocycles. The fourth-order valence-corrected chi connectivity index (χ4v) is 4.91. The van der Waals surface area contributed by atoms with E-state index in [0.29, 0.717) is 0 Å². The second kappa shape index (κ2) is 7.66. The van der Waals surface area contributed by atoms with E-state index in [1.54, 1.807) is 27.7 Å². The molecule has 1 fully saturated rings. The Morgan fingerprint density at radius 3 is 2.50 bits per heavy atom. The minimum absolute atomic E-state index is 0.0729. The normalized spacial score (nSPS) is 21.5. The van der Waals surface area contributed by atoms with Gasteiger partial charge in [-0.15, -0.1) is 4.73 Å². The van der Waals surface area contributed by atoms with E-state index in [4.69, 9.17) is 20.0 Å². The lowest BCUT2D eigenvalue weighted by Crippen LogP contribution is -2.46. The van der Waals surface area contributed by atoms with E-state index < -0.39 is 42.9 Å². The monoisotopic (exact) mass is 391 g/mol. The zero-order valence-electron chi connectivity index (χ0n) is 15.2. The van der Waals surface area contributed by atoms with E-state index in [0.717, 1.165) is 4.73 Å². The summed E-state index contributed by atoms with van der Waals surface area (Å²) in [7, 11) is -4.57. The molecule has 0 bridgehead atoms. The number of hydrogen-bond donors (Lipinski definition) is 3. The van der Waals surface area contributed by atoms with Crippen molar-refractivity contribution in [3.63, 3.8) is 0 Å². The third-order valence-corrected chi connectivity index (χ3v) is 6.46. The summed E-state index contributed by atoms with van der Waals surface area (Å²) in [5.41, 5.74) is 4.73. The maximum absolute atomic E-state index is 12.2. The Hall–Kier alpha value is -1.45. The molecular formula is C15H26N3O7P. The van der Waals surface area contributed by atoms with Crippen LogP contribution in [-0.4, -0.2) is 43.8 Å². The number of anilines is 1. The van der Waals surface area contributed by atoms with Gasteiger partial charge in [0, 0.05) is 12.5 Å². The third-order valence-electron chi connectivity index (χ3n) is 4.41. The van der Waals surface area contributed by atoms with E-state index >= 15 is 0 Å². The Bertz CT molecular complexity index is 722. The molecule has 0 radical (unpaired) electrons. The summed E-state index contributed by atoms with van der Waals surface area (Å²) in [5, 5.41) is -1.63. The van der Waals surface area contributed by atoms with Gasteiger partial charge >= 0.3 is 13.3 Å². The molecule has 4 N–H and O–H groups in total. The molecule has 1 aliphatic heterocycles. The van der Waals surface area contributed by atoms with Crippen molar-refractivity contribution in [3.05, 3.63) is 22.7 Å². The van der Waals surface area contributed by atoms with E-state index in [1.165, 1.54) is 12.3 Å². The fourth-order valence-electron chi connectivity index (χ4n) is 3.28. The van der Waals surface area contributed by atoms with Gasteiger partial charge in [-0.3, -0.25) is 4.57 Å². The molecule has 11 heteroatoms. The highest BCUT2D eigenvalue weighted by molar-refractivity contribution is 7.53. The summed E-state index contributed by atoms with van der Waals surface area (Å²) < 4.78 is 24.5. The lowest BCUT2D eigenvalue weighted by atomic mass is 9.94. The van der Waals surface area contributed by atoms with Crippen LogP contribution in [-0.2, 0) is 14.0 Å². The largest absolute Gasteiger partial charge is 0.383 e. The minimum atomic E-state index is -4.57. The van der Waals surface area contributed by atoms with Crippen LogP contribution in [0, 0.1) is 11.8 Å². The van der Waals surface area contributed by atoms with Crippen molar-refractivity contribution in [3.8, 4) is 0 Å². The van der Waals surface area contributed by atoms with Crippen molar-refractivity contribution in [2.45, 2.75) is 51.9 Å². The van der Waals surface area contributed by atoms with Gasteiger partial charge in [0.1, 0.15) is 5.82 Å². The molecule has 26 heavy (non-hydrogen) atoms. The van der Waals surface area contributed by atoms with Gasteiger partial charge in [-0.1, -0.05) is 27.7 Å². The summed E-state index contributed by atoms with van der Waals surface area (Å²) in [6.07, 6.45) is 0.134. The maximum Gasteiger partial charge on any atom is 0.382 e. The number of nitrogens with zero attached hydrogens (tertiary/aromatic N) is 2. The van der Waals surface area contributed by atoms with E-state index in [-0.39, 0.29) is 18.8 Å². The molecule has 2 atom stereocenters. The predicted octanol–water partition coefficient (Wildman–Crippen LogP) is 0.572. The van der Waals surface area contributed by atoms with Crippen molar-refractivity contribution in [2.24, 2.45) is 11.8 Å². The SMILES string of the molecule is CC(C)C(O[C@@H]1COC(On2ccc(N)nc2=O)C1)(C(C)C)P(=O)(O)O. The smallest absolute Gasteiger partial charge is 0.382 e. The van der Waals surface area contributed by atoms with Gasteiger partial charge in [0.05, 0.1) is 18.9 Å². The van der Waals surface area contributed by atoms with Gasteiger partial charge in [-0.25, -0.2) is 4.79 Å². The standard InChI is InChI=1S/C15H26N3O7P/c1-9(2)15(10(3)4,26(20,21)22)24-11-7-13(23-8-11)25-18-6-5-12(16)17-14(18)19/h5-6,9-11,13H,7-8H2,1-4H3,(H2,16,17,19)(H2,20,21,22)/t11-,13?/m0/s1. The molecule has 148 valence electrons. The summed E-state index contributed by atoms with van der Waals surface area (Å²) >= 11 is 0. The van der Waals surface area contributed by atoms with E-state index in [1.807, 2.05) is 0 Å². The summed E-state index contributed by atoms with van der Waals surface area (Å²) in [4.78, 5) is 40.5. The molecule has 1 aromatic rings. The first-order chi connectivity index (χ1) is 12.0. The minimum Gasteiger partial charge on any atom is -0.383 e. The first-order valence-corrected chi connectivity index (χ1v) is 9.96. The number of ether oxygens (including phenoxy) is 2. The topological polar surface area (TPSA) is 146 Å². The Balaban J connectivity index is 2.12. The molecule has 0 aromatic carbocycles. The first kappa shape index (κ1) is 20.9. The van der Waals surface area contributed by atoms with Gasteiger partial charge in [-0.05, 0) is 11.8 Å². The molecule has 10 nitrogen and oxygen atoms in total. The van der Waals surface area contributed by atoms with Crippen LogP contribution >= 0.6 is 7.60 Å². The first-order valence-electron chi connectivity index (χ1n) is 8.34. The van der Waals surface area contributed by atoms with Crippen LogP contribution in [0.5, 0.6) is 0 Å². The Kier molecular flexibility index (Phi) is 6.14. The Labute approximate surface area is 151 Å². The molecule has 0 saturated carbocycles. The summed E-state index contributed by atoms with van der Waals surface area (Å²) in [5.74, 6) is -0.775. The van der Waals surface area contributed by atoms with Gasteiger partial charge in [0.2, 0.25) is 6.29 Å². The maximum atomic E-state index is 12.2. The van der Waals surface area contributed by atoms with Crippen LogP contribution in [0.2, 0.25) is 0 Å². The lowest BCUT2D eigenvalue weighted by molar-refractivity contribution is -0.119. The van der Waals surface area contributed by atoms with Gasteiger partial charge in [-0.2, -0.15) is 4.98 Å². The van der Waals surface area contributed by atoms with Gasteiger partial charge in [0.25, 0.3) is 0 Å². The molecular weight excluding hydrogens is 365 g/mol. The number of aromatic nitrogens is 2. The second-order valence-electron chi connectivity index (χ2n) is 6.91. The van der Waals surface area contributed by atoms with Crippen molar-refractivity contribution >= 4 is 13.4 Å². The molecule has 0 aliphatic carbocycles. The number of nitrogens with two attached hydrogens (primary N) is 1. The average Bonchev–Trinajstić information content (AvgIpc) is 2.93. The van der Waals surface area contributed by atoms with Gasteiger partial charge < -0.3 is 29.8 Å². The lowest BCUT2D eigenvalue weighted by Gasteiger charge is -2.42. The zero-order valence-corrected chi connectivity index (χ0v) is 16.1. The van der Waals surface area contributed by atoms with Crippen LogP contribution in [0.15, 0.2) is 17.1 Å². The second-order valence-corrected chi connectivity index (χ2v) is 8.70. The van der Waals surface area contributed by atoms with Crippen molar-refractivity contribution in [1.82, 2.24) is 9.71 Å².